The number of benzene rings is 1. The highest BCUT2D eigenvalue weighted by atomic mass is 32.2. The van der Waals surface area contributed by atoms with Crippen LogP contribution in [0, 0.1) is 11.3 Å². The van der Waals surface area contributed by atoms with Crippen molar-refractivity contribution in [2.24, 2.45) is 0 Å². The number of thioether (sulfide) groups is 1. The number of fused-ring (bicyclic) bond motifs is 1. The van der Waals surface area contributed by atoms with Crippen molar-refractivity contribution in [2.45, 2.75) is 61.9 Å². The van der Waals surface area contributed by atoms with Crippen LogP contribution in [-0.2, 0) is 4.79 Å². The van der Waals surface area contributed by atoms with Crippen LogP contribution in [0.1, 0.15) is 51.5 Å². The maximum absolute atomic E-state index is 13.3. The highest BCUT2D eigenvalue weighted by Crippen LogP contribution is 2.32. The number of nitriles is 1. The number of carbonyl (C=O) groups excluding carboxylic acids is 1. The molecule has 1 aliphatic rings. The van der Waals surface area contributed by atoms with Crippen molar-refractivity contribution in [3.05, 3.63) is 34.6 Å². The number of amides is 1. The second kappa shape index (κ2) is 9.24. The van der Waals surface area contributed by atoms with Crippen LogP contribution in [-0.4, -0.2) is 39.2 Å². The van der Waals surface area contributed by atoms with E-state index >= 15 is 0 Å². The summed E-state index contributed by atoms with van der Waals surface area (Å²) in [6, 6.07) is 9.60. The Bertz CT molecular complexity index is 944. The SMILES string of the molecule is C[C@H](Sc1nc2ccccc2c(=O)n1C1CCCCC1)C(=O)N(C)CCC#N. The molecule has 0 unspecified atom stereocenters. The number of para-hydroxylation sites is 1. The van der Waals surface area contributed by atoms with Gasteiger partial charge in [0, 0.05) is 19.6 Å². The topological polar surface area (TPSA) is 79.0 Å². The smallest absolute Gasteiger partial charge is 0.262 e. The minimum atomic E-state index is -0.383. The monoisotopic (exact) mass is 398 g/mol. The van der Waals surface area contributed by atoms with Crippen LogP contribution in [0.4, 0.5) is 0 Å². The van der Waals surface area contributed by atoms with Crippen LogP contribution < -0.4 is 5.56 Å². The van der Waals surface area contributed by atoms with Gasteiger partial charge < -0.3 is 4.90 Å². The average Bonchev–Trinajstić information content (AvgIpc) is 2.72. The fourth-order valence-electron chi connectivity index (χ4n) is 3.72. The van der Waals surface area contributed by atoms with E-state index in [0.29, 0.717) is 29.0 Å². The lowest BCUT2D eigenvalue weighted by molar-refractivity contribution is -0.128. The molecule has 1 atom stereocenters. The van der Waals surface area contributed by atoms with Gasteiger partial charge in [0.25, 0.3) is 5.56 Å². The summed E-state index contributed by atoms with van der Waals surface area (Å²) in [7, 11) is 1.71. The summed E-state index contributed by atoms with van der Waals surface area (Å²) in [5.41, 5.74) is 0.650. The van der Waals surface area contributed by atoms with Crippen molar-refractivity contribution < 1.29 is 4.79 Å². The second-order valence-corrected chi connectivity index (χ2v) is 8.61. The first-order valence-corrected chi connectivity index (χ1v) is 10.7. The van der Waals surface area contributed by atoms with Crippen molar-refractivity contribution in [2.75, 3.05) is 13.6 Å². The molecule has 1 aromatic heterocycles. The first kappa shape index (κ1) is 20.4. The predicted octanol–water partition coefficient (Wildman–Crippen LogP) is 3.75. The van der Waals surface area contributed by atoms with Crippen LogP contribution in [0.15, 0.2) is 34.2 Å². The first-order chi connectivity index (χ1) is 13.5. The second-order valence-electron chi connectivity index (χ2n) is 7.31. The van der Waals surface area contributed by atoms with Gasteiger partial charge in [0.05, 0.1) is 28.6 Å². The van der Waals surface area contributed by atoms with Gasteiger partial charge >= 0.3 is 0 Å². The maximum Gasteiger partial charge on any atom is 0.262 e. The molecule has 1 fully saturated rings. The molecule has 0 radical (unpaired) electrons. The highest BCUT2D eigenvalue weighted by molar-refractivity contribution is 8.00. The zero-order chi connectivity index (χ0) is 20.1. The number of hydrogen-bond donors (Lipinski definition) is 0. The quantitative estimate of drug-likeness (QED) is 0.547. The molecule has 1 saturated carbocycles. The molecule has 0 bridgehead atoms. The van der Waals surface area contributed by atoms with Crippen LogP contribution in [0.3, 0.4) is 0 Å². The van der Waals surface area contributed by atoms with Crippen LogP contribution in [0.5, 0.6) is 0 Å². The normalized spacial score (nSPS) is 15.9. The summed E-state index contributed by atoms with van der Waals surface area (Å²) in [4.78, 5) is 32.3. The van der Waals surface area contributed by atoms with Gasteiger partial charge in [0.1, 0.15) is 0 Å². The Morgan fingerprint density at radius 3 is 2.79 bits per heavy atom. The van der Waals surface area contributed by atoms with Gasteiger partial charge in [-0.3, -0.25) is 14.2 Å². The number of carbonyl (C=O) groups is 1. The fourth-order valence-corrected chi connectivity index (χ4v) is 4.81. The van der Waals surface area contributed by atoms with Crippen molar-refractivity contribution >= 4 is 28.6 Å². The molecule has 7 heteroatoms. The molecule has 0 saturated heterocycles. The van der Waals surface area contributed by atoms with E-state index in [4.69, 9.17) is 10.2 Å². The fraction of sp³-hybridized carbons (Fsp3) is 0.524. The van der Waals surface area contributed by atoms with Crippen molar-refractivity contribution in [3.63, 3.8) is 0 Å². The number of aromatic nitrogens is 2. The molecule has 6 nitrogen and oxygen atoms in total. The van der Waals surface area contributed by atoms with Gasteiger partial charge in [-0.25, -0.2) is 4.98 Å². The summed E-state index contributed by atoms with van der Waals surface area (Å²) in [5.74, 6) is -0.0575. The Balaban J connectivity index is 1.95. The lowest BCUT2D eigenvalue weighted by Gasteiger charge is -2.27. The van der Waals surface area contributed by atoms with E-state index < -0.39 is 0 Å². The third-order valence-electron chi connectivity index (χ3n) is 5.28. The predicted molar refractivity (Wildman–Crippen MR) is 111 cm³/mol. The van der Waals surface area contributed by atoms with Crippen molar-refractivity contribution in [1.29, 1.82) is 5.26 Å². The van der Waals surface area contributed by atoms with E-state index in [1.807, 2.05) is 35.8 Å². The zero-order valence-electron chi connectivity index (χ0n) is 16.4. The van der Waals surface area contributed by atoms with E-state index in [1.54, 1.807) is 11.9 Å². The molecule has 1 aliphatic carbocycles. The van der Waals surface area contributed by atoms with E-state index in [1.165, 1.54) is 18.2 Å². The lowest BCUT2D eigenvalue weighted by Crippen LogP contribution is -2.35. The van der Waals surface area contributed by atoms with Crippen LogP contribution in [0.2, 0.25) is 0 Å². The summed E-state index contributed by atoms with van der Waals surface area (Å²) in [5, 5.41) is 9.60. The first-order valence-electron chi connectivity index (χ1n) is 9.82. The van der Waals surface area contributed by atoms with Crippen molar-refractivity contribution in [1.82, 2.24) is 14.5 Å². The molecule has 2 aromatic rings. The Morgan fingerprint density at radius 2 is 2.07 bits per heavy atom. The van der Waals surface area contributed by atoms with Gasteiger partial charge in [-0.15, -0.1) is 0 Å². The highest BCUT2D eigenvalue weighted by Gasteiger charge is 2.25. The van der Waals surface area contributed by atoms with Gasteiger partial charge in [0.15, 0.2) is 5.16 Å². The van der Waals surface area contributed by atoms with E-state index in [2.05, 4.69) is 6.07 Å². The van der Waals surface area contributed by atoms with E-state index in [0.717, 1.165) is 25.7 Å². The van der Waals surface area contributed by atoms with Crippen LogP contribution >= 0.6 is 11.8 Å². The Kier molecular flexibility index (Phi) is 6.74. The minimum absolute atomic E-state index is 0.0162. The molecule has 1 amide bonds. The third kappa shape index (κ3) is 4.39. The van der Waals surface area contributed by atoms with Gasteiger partial charge in [-0.05, 0) is 31.9 Å². The summed E-state index contributed by atoms with van der Waals surface area (Å²) in [6.45, 7) is 2.24. The minimum Gasteiger partial charge on any atom is -0.344 e. The number of nitrogens with zero attached hydrogens (tertiary/aromatic N) is 4. The summed E-state index contributed by atoms with van der Waals surface area (Å²) < 4.78 is 1.82. The lowest BCUT2D eigenvalue weighted by atomic mass is 9.95. The molecular weight excluding hydrogens is 372 g/mol. The zero-order valence-corrected chi connectivity index (χ0v) is 17.2. The maximum atomic E-state index is 13.3. The summed E-state index contributed by atoms with van der Waals surface area (Å²) in [6.07, 6.45) is 5.67. The Hall–Kier alpha value is -2.33. The Labute approximate surface area is 169 Å². The van der Waals surface area contributed by atoms with Gasteiger partial charge in [-0.2, -0.15) is 5.26 Å². The van der Waals surface area contributed by atoms with E-state index in [9.17, 15) is 9.59 Å². The third-order valence-corrected chi connectivity index (χ3v) is 6.33. The van der Waals surface area contributed by atoms with Crippen LogP contribution in [0.25, 0.3) is 10.9 Å². The Morgan fingerprint density at radius 1 is 1.36 bits per heavy atom. The molecule has 28 heavy (non-hydrogen) atoms. The molecule has 0 spiro atoms. The van der Waals surface area contributed by atoms with Gasteiger partial charge in [0.2, 0.25) is 5.91 Å². The standard InChI is InChI=1S/C21H26N4O2S/c1-15(19(26)24(2)14-8-13-22)28-21-23-18-12-7-6-11-17(18)20(27)25(21)16-9-4-3-5-10-16/h6-7,11-12,15-16H,3-5,8-10,14H2,1-2H3/t15-/m0/s1. The molecule has 148 valence electrons. The van der Waals surface area contributed by atoms with Gasteiger partial charge in [-0.1, -0.05) is 43.2 Å². The molecule has 1 aromatic carbocycles. The molecule has 0 aliphatic heterocycles. The number of hydrogen-bond acceptors (Lipinski definition) is 5. The largest absolute Gasteiger partial charge is 0.344 e. The average molecular weight is 399 g/mol. The van der Waals surface area contributed by atoms with E-state index in [-0.39, 0.29) is 22.8 Å². The number of rotatable bonds is 6. The summed E-state index contributed by atoms with van der Waals surface area (Å²) >= 11 is 1.34. The van der Waals surface area contributed by atoms with Crippen molar-refractivity contribution in [3.8, 4) is 6.07 Å². The molecule has 1 heterocycles. The molecule has 3 rings (SSSR count). The molecule has 0 N–H and O–H groups in total. The molecular formula is C21H26N4O2S.